The van der Waals surface area contributed by atoms with Crippen LogP contribution in [0.15, 0.2) is 6.07 Å². The van der Waals surface area contributed by atoms with Crippen LogP contribution in [-0.2, 0) is 0 Å². The number of hydrogen-bond donors (Lipinski definition) is 2. The van der Waals surface area contributed by atoms with Gasteiger partial charge < -0.3 is 15.5 Å². The molecular formula is C16H26ClN5S. The highest BCUT2D eigenvalue weighted by molar-refractivity contribution is 7.80. The van der Waals surface area contributed by atoms with E-state index in [0.717, 1.165) is 18.9 Å². The number of rotatable bonds is 2. The van der Waals surface area contributed by atoms with Crippen LogP contribution in [0.1, 0.15) is 41.0 Å². The predicted molar refractivity (Wildman–Crippen MR) is 101 cm³/mol. The average molecular weight is 356 g/mol. The summed E-state index contributed by atoms with van der Waals surface area (Å²) >= 11 is 11.5. The lowest BCUT2D eigenvalue weighted by atomic mass is 9.92. The number of anilines is 2. The van der Waals surface area contributed by atoms with Gasteiger partial charge in [-0.25, -0.2) is 4.98 Å². The van der Waals surface area contributed by atoms with E-state index in [-0.39, 0.29) is 5.54 Å². The van der Waals surface area contributed by atoms with Crippen LogP contribution >= 0.6 is 23.8 Å². The van der Waals surface area contributed by atoms with Gasteiger partial charge in [0.05, 0.1) is 0 Å². The van der Waals surface area contributed by atoms with E-state index < -0.39 is 0 Å². The molecule has 1 fully saturated rings. The molecule has 2 rings (SSSR count). The number of hydrogen-bond acceptors (Lipinski definition) is 4. The Bertz CT molecular complexity index is 562. The Kier molecular flexibility index (Phi) is 5.68. The summed E-state index contributed by atoms with van der Waals surface area (Å²) in [4.78, 5) is 11.1. The average Bonchev–Trinajstić information content (AvgIpc) is 2.34. The van der Waals surface area contributed by atoms with E-state index in [9.17, 15) is 0 Å². The number of piperidine rings is 1. The molecule has 1 aliphatic rings. The van der Waals surface area contributed by atoms with Gasteiger partial charge in [-0.15, -0.1) is 0 Å². The van der Waals surface area contributed by atoms with Crippen molar-refractivity contribution in [3.8, 4) is 0 Å². The maximum absolute atomic E-state index is 6.18. The Morgan fingerprint density at radius 2 is 1.87 bits per heavy atom. The Morgan fingerprint density at radius 3 is 2.43 bits per heavy atom. The summed E-state index contributed by atoms with van der Waals surface area (Å²) in [6.45, 7) is 12.6. The van der Waals surface area contributed by atoms with Crippen LogP contribution in [0.5, 0.6) is 0 Å². The summed E-state index contributed by atoms with van der Waals surface area (Å²) in [7, 11) is 0. The molecule has 0 radical (unpaired) electrons. The van der Waals surface area contributed by atoms with E-state index in [1.807, 2.05) is 26.8 Å². The molecule has 1 saturated heterocycles. The number of nitrogens with one attached hydrogen (secondary N) is 2. The minimum atomic E-state index is -0.122. The normalized spacial score (nSPS) is 21.9. The van der Waals surface area contributed by atoms with Gasteiger partial charge in [0.15, 0.2) is 5.11 Å². The standard InChI is InChI=1S/C16H26ClN5S/c1-10-6-11(2)9-22(8-10)13-7-12(17)18-14(19-13)20-15(23)21-16(3,4)5/h7,10-11H,6,8-9H2,1-5H3,(H2,18,19,20,21,23)/t10-,11+. The van der Waals surface area contributed by atoms with Crippen LogP contribution in [0.3, 0.4) is 0 Å². The molecule has 0 aromatic carbocycles. The van der Waals surface area contributed by atoms with Crippen molar-refractivity contribution in [3.63, 3.8) is 0 Å². The van der Waals surface area contributed by atoms with Crippen molar-refractivity contribution in [2.45, 2.75) is 46.6 Å². The zero-order valence-corrected chi connectivity index (χ0v) is 16.1. The summed E-state index contributed by atoms with van der Waals surface area (Å²) in [5, 5.41) is 7.12. The topological polar surface area (TPSA) is 53.1 Å². The lowest BCUT2D eigenvalue weighted by Gasteiger charge is -2.35. The predicted octanol–water partition coefficient (Wildman–Crippen LogP) is 3.70. The highest BCUT2D eigenvalue weighted by Gasteiger charge is 2.23. The summed E-state index contributed by atoms with van der Waals surface area (Å²) in [5.74, 6) is 2.57. The first-order chi connectivity index (χ1) is 10.6. The molecule has 0 unspecified atom stereocenters. The van der Waals surface area contributed by atoms with Crippen LogP contribution in [-0.4, -0.2) is 33.7 Å². The number of nitrogens with zero attached hydrogens (tertiary/aromatic N) is 3. The van der Waals surface area contributed by atoms with Crippen LogP contribution in [0, 0.1) is 11.8 Å². The van der Waals surface area contributed by atoms with Crippen molar-refractivity contribution in [1.29, 1.82) is 0 Å². The maximum Gasteiger partial charge on any atom is 0.232 e. The zero-order valence-electron chi connectivity index (χ0n) is 14.5. The molecule has 7 heteroatoms. The Balaban J connectivity index is 2.14. The molecule has 2 heterocycles. The first-order valence-corrected chi connectivity index (χ1v) is 8.79. The van der Waals surface area contributed by atoms with Gasteiger partial charge in [-0.3, -0.25) is 0 Å². The van der Waals surface area contributed by atoms with Gasteiger partial charge in [0, 0.05) is 24.7 Å². The molecule has 128 valence electrons. The third kappa shape index (κ3) is 5.77. The highest BCUT2D eigenvalue weighted by atomic mass is 35.5. The summed E-state index contributed by atoms with van der Waals surface area (Å²) < 4.78 is 0. The van der Waals surface area contributed by atoms with Gasteiger partial charge in [-0.05, 0) is 51.2 Å². The molecular weight excluding hydrogens is 330 g/mol. The molecule has 1 aromatic heterocycles. The molecule has 23 heavy (non-hydrogen) atoms. The minimum Gasteiger partial charge on any atom is -0.358 e. The van der Waals surface area contributed by atoms with Crippen molar-refractivity contribution in [1.82, 2.24) is 15.3 Å². The highest BCUT2D eigenvalue weighted by Crippen LogP contribution is 2.27. The summed E-state index contributed by atoms with van der Waals surface area (Å²) in [6.07, 6.45) is 1.25. The third-order valence-corrected chi connectivity index (χ3v) is 3.99. The SMILES string of the molecule is C[C@@H]1C[C@H](C)CN(c2cc(Cl)nc(NC(=S)NC(C)(C)C)n2)C1. The first-order valence-electron chi connectivity index (χ1n) is 8.01. The molecule has 0 aliphatic carbocycles. The quantitative estimate of drug-likeness (QED) is 0.623. The lowest BCUT2D eigenvalue weighted by Crippen LogP contribution is -2.43. The van der Waals surface area contributed by atoms with Crippen molar-refractivity contribution in [3.05, 3.63) is 11.2 Å². The smallest absolute Gasteiger partial charge is 0.232 e. The van der Waals surface area contributed by atoms with Crippen LogP contribution in [0.25, 0.3) is 0 Å². The number of halogens is 1. The number of aromatic nitrogens is 2. The second-order valence-electron chi connectivity index (χ2n) is 7.55. The molecule has 2 N–H and O–H groups in total. The molecule has 2 atom stereocenters. The van der Waals surface area contributed by atoms with E-state index >= 15 is 0 Å². The van der Waals surface area contributed by atoms with Gasteiger partial charge >= 0.3 is 0 Å². The minimum absolute atomic E-state index is 0.122. The van der Waals surface area contributed by atoms with Crippen LogP contribution in [0.4, 0.5) is 11.8 Å². The third-order valence-electron chi connectivity index (χ3n) is 3.59. The second-order valence-corrected chi connectivity index (χ2v) is 8.35. The van der Waals surface area contributed by atoms with Crippen LogP contribution < -0.4 is 15.5 Å². The van der Waals surface area contributed by atoms with Crippen molar-refractivity contribution in [2.24, 2.45) is 11.8 Å². The van der Waals surface area contributed by atoms with E-state index in [1.54, 1.807) is 0 Å². The maximum atomic E-state index is 6.18. The van der Waals surface area contributed by atoms with Crippen molar-refractivity contribution in [2.75, 3.05) is 23.3 Å². The van der Waals surface area contributed by atoms with E-state index in [4.69, 9.17) is 23.8 Å². The largest absolute Gasteiger partial charge is 0.358 e. The van der Waals surface area contributed by atoms with Crippen molar-refractivity contribution < 1.29 is 0 Å². The molecule has 5 nitrogen and oxygen atoms in total. The van der Waals surface area contributed by atoms with Gasteiger partial charge in [0.25, 0.3) is 0 Å². The molecule has 0 amide bonds. The Morgan fingerprint density at radius 1 is 1.26 bits per heavy atom. The monoisotopic (exact) mass is 355 g/mol. The fourth-order valence-corrected chi connectivity index (χ4v) is 3.52. The zero-order chi connectivity index (χ0) is 17.2. The number of thiocarbonyl (C=S) groups is 1. The fraction of sp³-hybridized carbons (Fsp3) is 0.688. The van der Waals surface area contributed by atoms with E-state index in [1.165, 1.54) is 6.42 Å². The van der Waals surface area contributed by atoms with E-state index in [0.29, 0.717) is 28.0 Å². The van der Waals surface area contributed by atoms with Gasteiger partial charge in [0.2, 0.25) is 5.95 Å². The van der Waals surface area contributed by atoms with Gasteiger partial charge in [-0.1, -0.05) is 25.4 Å². The van der Waals surface area contributed by atoms with Gasteiger partial charge in [0.1, 0.15) is 11.0 Å². The lowest BCUT2D eigenvalue weighted by molar-refractivity contribution is 0.355. The van der Waals surface area contributed by atoms with Gasteiger partial charge in [-0.2, -0.15) is 4.98 Å². The molecule has 0 spiro atoms. The summed E-state index contributed by atoms with van der Waals surface area (Å²) in [6, 6.07) is 1.82. The van der Waals surface area contributed by atoms with E-state index in [2.05, 4.69) is 39.3 Å². The molecule has 0 bridgehead atoms. The first kappa shape index (κ1) is 18.2. The second kappa shape index (κ2) is 7.18. The Hall–Kier alpha value is -1.14. The van der Waals surface area contributed by atoms with Crippen molar-refractivity contribution >= 4 is 40.7 Å². The molecule has 0 saturated carbocycles. The fourth-order valence-electron chi connectivity index (χ4n) is 2.95. The molecule has 1 aromatic rings. The summed E-state index contributed by atoms with van der Waals surface area (Å²) in [5.41, 5.74) is -0.122. The Labute approximate surface area is 149 Å². The molecule has 1 aliphatic heterocycles. The van der Waals surface area contributed by atoms with Crippen LogP contribution in [0.2, 0.25) is 5.15 Å².